The van der Waals surface area contributed by atoms with Crippen molar-refractivity contribution < 1.29 is 0 Å². The molecule has 2 bridgehead atoms. The van der Waals surface area contributed by atoms with Crippen LogP contribution in [0.15, 0.2) is 0 Å². The number of rotatable bonds is 0. The second-order valence-electron chi connectivity index (χ2n) is 4.11. The third kappa shape index (κ3) is 0.878. The Labute approximate surface area is 63.4 Å². The Bertz CT molecular complexity index is 117. The maximum Gasteiger partial charge on any atom is 0.00698 e. The molecular weight excluding hydrogens is 122 g/mol. The molecule has 0 spiro atoms. The molecule has 0 saturated carbocycles. The summed E-state index contributed by atoms with van der Waals surface area (Å²) in [5.41, 5.74) is 0. The molecule has 10 heavy (non-hydrogen) atoms. The molecule has 0 amide bonds. The van der Waals surface area contributed by atoms with Crippen LogP contribution in [0.3, 0.4) is 0 Å². The average Bonchev–Trinajstić information content (AvgIpc) is 1.91. The summed E-state index contributed by atoms with van der Waals surface area (Å²) in [6, 6.07) is 0.884. The fourth-order valence-electron chi connectivity index (χ4n) is 2.56. The second kappa shape index (κ2) is 2.23. The van der Waals surface area contributed by atoms with E-state index >= 15 is 0 Å². The van der Waals surface area contributed by atoms with Crippen LogP contribution in [-0.4, -0.2) is 24.0 Å². The minimum absolute atomic E-state index is 0.884. The van der Waals surface area contributed by atoms with E-state index in [0.717, 1.165) is 17.9 Å². The van der Waals surface area contributed by atoms with E-state index in [0.29, 0.717) is 0 Å². The van der Waals surface area contributed by atoms with Gasteiger partial charge >= 0.3 is 0 Å². The molecule has 3 aliphatic rings. The van der Waals surface area contributed by atoms with Gasteiger partial charge in [-0.1, -0.05) is 6.92 Å². The first-order valence-electron chi connectivity index (χ1n) is 4.51. The Morgan fingerprint density at radius 1 is 1.30 bits per heavy atom. The molecule has 0 aromatic heterocycles. The van der Waals surface area contributed by atoms with Crippen molar-refractivity contribution in [3.63, 3.8) is 0 Å². The topological polar surface area (TPSA) is 3.24 Å². The van der Waals surface area contributed by atoms with Crippen molar-refractivity contribution >= 4 is 0 Å². The van der Waals surface area contributed by atoms with Crippen LogP contribution in [0.1, 0.15) is 26.7 Å². The molecule has 3 saturated heterocycles. The summed E-state index contributed by atoms with van der Waals surface area (Å²) in [4.78, 5) is 2.64. The lowest BCUT2D eigenvalue weighted by Gasteiger charge is -2.47. The summed E-state index contributed by atoms with van der Waals surface area (Å²) < 4.78 is 0. The molecule has 4 atom stereocenters. The molecule has 1 heteroatoms. The molecule has 3 fully saturated rings. The van der Waals surface area contributed by atoms with Gasteiger partial charge in [0.2, 0.25) is 0 Å². The second-order valence-corrected chi connectivity index (χ2v) is 4.11. The Kier molecular flexibility index (Phi) is 1.48. The average molecular weight is 139 g/mol. The lowest BCUT2D eigenvalue weighted by atomic mass is 9.77. The third-order valence-electron chi connectivity index (χ3n) is 3.38. The van der Waals surface area contributed by atoms with Crippen molar-refractivity contribution in [1.29, 1.82) is 0 Å². The Morgan fingerprint density at radius 3 is 2.40 bits per heavy atom. The van der Waals surface area contributed by atoms with Crippen molar-refractivity contribution in [1.82, 2.24) is 4.90 Å². The van der Waals surface area contributed by atoms with Gasteiger partial charge in [-0.2, -0.15) is 0 Å². The molecule has 1 nitrogen and oxygen atoms in total. The van der Waals surface area contributed by atoms with Gasteiger partial charge in [0.1, 0.15) is 0 Å². The minimum atomic E-state index is 0.884. The van der Waals surface area contributed by atoms with Crippen LogP contribution in [0.2, 0.25) is 0 Å². The highest BCUT2D eigenvalue weighted by molar-refractivity contribution is 4.88. The van der Waals surface area contributed by atoms with Gasteiger partial charge in [-0.15, -0.1) is 0 Å². The molecule has 3 aliphatic heterocycles. The van der Waals surface area contributed by atoms with Crippen LogP contribution in [-0.2, 0) is 0 Å². The van der Waals surface area contributed by atoms with Gasteiger partial charge < -0.3 is 4.90 Å². The summed E-state index contributed by atoms with van der Waals surface area (Å²) in [5, 5.41) is 0. The largest absolute Gasteiger partial charge is 0.300 e. The van der Waals surface area contributed by atoms with Crippen molar-refractivity contribution in [2.75, 3.05) is 13.1 Å². The SMILES string of the molecule is CC1CN2CCC1CC2C. The van der Waals surface area contributed by atoms with Gasteiger partial charge in [-0.05, 0) is 38.1 Å². The summed E-state index contributed by atoms with van der Waals surface area (Å²) in [6.07, 6.45) is 2.92. The van der Waals surface area contributed by atoms with Gasteiger partial charge in [0.15, 0.2) is 0 Å². The molecule has 4 unspecified atom stereocenters. The highest BCUT2D eigenvalue weighted by Crippen LogP contribution is 2.35. The van der Waals surface area contributed by atoms with E-state index in [4.69, 9.17) is 0 Å². The molecule has 58 valence electrons. The molecule has 3 heterocycles. The maximum absolute atomic E-state index is 2.64. The van der Waals surface area contributed by atoms with Crippen molar-refractivity contribution in [2.24, 2.45) is 11.8 Å². The monoisotopic (exact) mass is 139 g/mol. The molecule has 0 aromatic carbocycles. The predicted octanol–water partition coefficient (Wildman–Crippen LogP) is 1.74. The summed E-state index contributed by atoms with van der Waals surface area (Å²) >= 11 is 0. The molecule has 0 N–H and O–H groups in total. The predicted molar refractivity (Wildman–Crippen MR) is 42.9 cm³/mol. The normalized spacial score (nSPS) is 53.4. The molecule has 0 aliphatic carbocycles. The fourth-order valence-corrected chi connectivity index (χ4v) is 2.56. The van der Waals surface area contributed by atoms with E-state index in [1.54, 1.807) is 0 Å². The van der Waals surface area contributed by atoms with E-state index in [1.165, 1.54) is 25.9 Å². The Hall–Kier alpha value is -0.0400. The molecule has 0 radical (unpaired) electrons. The van der Waals surface area contributed by atoms with Gasteiger partial charge in [-0.25, -0.2) is 0 Å². The highest BCUT2D eigenvalue weighted by Gasteiger charge is 2.35. The van der Waals surface area contributed by atoms with E-state index in [-0.39, 0.29) is 0 Å². The van der Waals surface area contributed by atoms with Crippen molar-refractivity contribution in [3.05, 3.63) is 0 Å². The highest BCUT2D eigenvalue weighted by atomic mass is 15.2. The maximum atomic E-state index is 2.64. The van der Waals surface area contributed by atoms with Gasteiger partial charge in [0, 0.05) is 12.6 Å². The van der Waals surface area contributed by atoms with Gasteiger partial charge in [0.25, 0.3) is 0 Å². The lowest BCUT2D eigenvalue weighted by molar-refractivity contribution is 0.0166. The van der Waals surface area contributed by atoms with Crippen LogP contribution in [0.5, 0.6) is 0 Å². The Balaban J connectivity index is 2.09. The summed E-state index contributed by atoms with van der Waals surface area (Å²) in [6.45, 7) is 7.52. The number of nitrogens with zero attached hydrogens (tertiary/aromatic N) is 1. The van der Waals surface area contributed by atoms with Crippen molar-refractivity contribution in [2.45, 2.75) is 32.7 Å². The zero-order chi connectivity index (χ0) is 7.14. The van der Waals surface area contributed by atoms with Gasteiger partial charge in [0.05, 0.1) is 0 Å². The number of fused-ring (bicyclic) bond motifs is 3. The summed E-state index contributed by atoms with van der Waals surface area (Å²) in [5.74, 6) is 2.03. The van der Waals surface area contributed by atoms with E-state index < -0.39 is 0 Å². The van der Waals surface area contributed by atoms with E-state index in [2.05, 4.69) is 18.7 Å². The first kappa shape index (κ1) is 6.66. The third-order valence-corrected chi connectivity index (χ3v) is 3.38. The van der Waals surface area contributed by atoms with E-state index in [1.807, 2.05) is 0 Å². The standard InChI is InChI=1S/C9H17N/c1-7-6-10-4-3-9(7)5-8(10)2/h7-9H,3-6H2,1-2H3. The number of piperidine rings is 3. The van der Waals surface area contributed by atoms with Crippen LogP contribution in [0, 0.1) is 11.8 Å². The molecular formula is C9H17N. The first-order chi connectivity index (χ1) is 4.77. The smallest absolute Gasteiger partial charge is 0.00698 e. The molecule has 0 aromatic rings. The van der Waals surface area contributed by atoms with Crippen molar-refractivity contribution in [3.8, 4) is 0 Å². The van der Waals surface area contributed by atoms with Crippen LogP contribution >= 0.6 is 0 Å². The zero-order valence-electron chi connectivity index (χ0n) is 7.01. The fraction of sp³-hybridized carbons (Fsp3) is 1.00. The minimum Gasteiger partial charge on any atom is -0.300 e. The van der Waals surface area contributed by atoms with E-state index in [9.17, 15) is 0 Å². The molecule has 3 rings (SSSR count). The number of hydrogen-bond donors (Lipinski definition) is 0. The lowest BCUT2D eigenvalue weighted by Crippen LogP contribution is -2.51. The van der Waals surface area contributed by atoms with Gasteiger partial charge in [-0.3, -0.25) is 0 Å². The quantitative estimate of drug-likeness (QED) is 0.494. The zero-order valence-corrected chi connectivity index (χ0v) is 7.01. The Morgan fingerprint density at radius 2 is 2.10 bits per heavy atom. The summed E-state index contributed by atoms with van der Waals surface area (Å²) in [7, 11) is 0. The van der Waals surface area contributed by atoms with Crippen LogP contribution < -0.4 is 0 Å². The first-order valence-corrected chi connectivity index (χ1v) is 4.51. The van der Waals surface area contributed by atoms with Crippen LogP contribution in [0.25, 0.3) is 0 Å². The van der Waals surface area contributed by atoms with Crippen LogP contribution in [0.4, 0.5) is 0 Å². The number of hydrogen-bond acceptors (Lipinski definition) is 1.